The molecule has 0 spiro atoms. The number of nitrogens with two attached hydrogens (primary N) is 1. The van der Waals surface area contributed by atoms with Gasteiger partial charge in [0, 0.05) is 23.8 Å². The summed E-state index contributed by atoms with van der Waals surface area (Å²) in [6.07, 6.45) is 5.31. The largest absolute Gasteiger partial charge is 0.383 e. The molecule has 0 fully saturated rings. The van der Waals surface area contributed by atoms with Gasteiger partial charge in [0.2, 0.25) is 0 Å². The lowest BCUT2D eigenvalue weighted by atomic mass is 9.97. The molecule has 17 heavy (non-hydrogen) atoms. The molecule has 1 aromatic heterocycles. The first-order valence-corrected chi connectivity index (χ1v) is 6.53. The van der Waals surface area contributed by atoms with Crippen LogP contribution in [0.4, 0.5) is 5.82 Å². The second kappa shape index (κ2) is 6.60. The van der Waals surface area contributed by atoms with Crippen LogP contribution >= 0.6 is 0 Å². The van der Waals surface area contributed by atoms with Crippen molar-refractivity contribution in [2.45, 2.75) is 59.0 Å². The summed E-state index contributed by atoms with van der Waals surface area (Å²) in [5.41, 5.74) is 8.42. The summed E-state index contributed by atoms with van der Waals surface area (Å²) < 4.78 is 0. The molecule has 1 unspecified atom stereocenters. The topological polar surface area (TPSA) is 50.9 Å². The third kappa shape index (κ3) is 4.00. The number of aromatic nitrogens is 1. The highest BCUT2D eigenvalue weighted by Crippen LogP contribution is 2.27. The minimum absolute atomic E-state index is 0.323. The number of unbranched alkanes of at least 4 members (excludes halogenated alkanes) is 1. The van der Waals surface area contributed by atoms with Gasteiger partial charge < -0.3 is 11.1 Å². The second-order valence-electron chi connectivity index (χ2n) is 4.94. The number of aryl methyl sites for hydroxylation is 1. The third-order valence-corrected chi connectivity index (χ3v) is 2.97. The maximum absolute atomic E-state index is 6.02. The van der Waals surface area contributed by atoms with Crippen LogP contribution in [0, 0.1) is 6.92 Å². The molecular weight excluding hydrogens is 210 g/mol. The van der Waals surface area contributed by atoms with Crippen LogP contribution in [-0.2, 0) is 0 Å². The number of hydrogen-bond donors (Lipinski definition) is 2. The van der Waals surface area contributed by atoms with Gasteiger partial charge in [0.1, 0.15) is 5.82 Å². The average molecular weight is 235 g/mol. The molecule has 0 amide bonds. The van der Waals surface area contributed by atoms with E-state index in [9.17, 15) is 0 Å². The van der Waals surface area contributed by atoms with E-state index in [1.807, 2.05) is 6.07 Å². The van der Waals surface area contributed by atoms with Crippen molar-refractivity contribution in [1.29, 1.82) is 0 Å². The molecule has 0 aromatic carbocycles. The van der Waals surface area contributed by atoms with Crippen LogP contribution in [0.15, 0.2) is 12.3 Å². The predicted octanol–water partition coefficient (Wildman–Crippen LogP) is 3.20. The Morgan fingerprint density at radius 1 is 1.41 bits per heavy atom. The fourth-order valence-electron chi connectivity index (χ4n) is 2.17. The lowest BCUT2D eigenvalue weighted by Crippen LogP contribution is -2.29. The van der Waals surface area contributed by atoms with Gasteiger partial charge in [0.05, 0.1) is 0 Å². The minimum atomic E-state index is 0.323. The van der Waals surface area contributed by atoms with E-state index in [1.54, 1.807) is 6.20 Å². The first-order chi connectivity index (χ1) is 8.06. The number of nitrogens with one attached hydrogen (secondary N) is 1. The Morgan fingerprint density at radius 3 is 2.65 bits per heavy atom. The fourth-order valence-corrected chi connectivity index (χ4v) is 2.17. The number of anilines is 1. The Morgan fingerprint density at radius 2 is 2.12 bits per heavy atom. The van der Waals surface area contributed by atoms with Gasteiger partial charge >= 0.3 is 0 Å². The smallest absolute Gasteiger partial charge is 0.128 e. The molecule has 1 aromatic rings. The minimum Gasteiger partial charge on any atom is -0.383 e. The van der Waals surface area contributed by atoms with E-state index in [4.69, 9.17) is 5.73 Å². The van der Waals surface area contributed by atoms with Crippen molar-refractivity contribution in [3.63, 3.8) is 0 Å². The van der Waals surface area contributed by atoms with Gasteiger partial charge in [-0.15, -0.1) is 0 Å². The quantitative estimate of drug-likeness (QED) is 0.796. The molecule has 0 saturated carbocycles. The maximum Gasteiger partial charge on any atom is 0.128 e. The molecule has 1 rings (SSSR count). The Bertz CT molecular complexity index is 327. The van der Waals surface area contributed by atoms with E-state index in [2.05, 4.69) is 38.0 Å². The van der Waals surface area contributed by atoms with E-state index in [0.717, 1.165) is 6.42 Å². The molecule has 3 heteroatoms. The van der Waals surface area contributed by atoms with Crippen molar-refractivity contribution in [2.24, 2.45) is 0 Å². The molecule has 0 bridgehead atoms. The summed E-state index contributed by atoms with van der Waals surface area (Å²) in [6.45, 7) is 8.65. The molecule has 3 N–H and O–H groups in total. The highest BCUT2D eigenvalue weighted by molar-refractivity contribution is 5.46. The summed E-state index contributed by atoms with van der Waals surface area (Å²) in [5.74, 6) is 0.666. The molecule has 96 valence electrons. The zero-order chi connectivity index (χ0) is 12.8. The highest BCUT2D eigenvalue weighted by atomic mass is 15.0. The normalized spacial score (nSPS) is 13.0. The average Bonchev–Trinajstić information content (AvgIpc) is 2.24. The lowest BCUT2D eigenvalue weighted by molar-refractivity contribution is 0.439. The van der Waals surface area contributed by atoms with Crippen molar-refractivity contribution in [3.8, 4) is 0 Å². The third-order valence-electron chi connectivity index (χ3n) is 2.97. The van der Waals surface area contributed by atoms with Gasteiger partial charge in [-0.2, -0.15) is 0 Å². The van der Waals surface area contributed by atoms with Crippen LogP contribution in [0.2, 0.25) is 0 Å². The Labute approximate surface area is 105 Å². The van der Waals surface area contributed by atoms with Crippen LogP contribution < -0.4 is 11.1 Å². The monoisotopic (exact) mass is 235 g/mol. The molecule has 0 aliphatic carbocycles. The van der Waals surface area contributed by atoms with Crippen molar-refractivity contribution in [3.05, 3.63) is 23.4 Å². The number of hydrogen-bond acceptors (Lipinski definition) is 3. The summed E-state index contributed by atoms with van der Waals surface area (Å²) >= 11 is 0. The van der Waals surface area contributed by atoms with Crippen molar-refractivity contribution in [1.82, 2.24) is 10.3 Å². The first kappa shape index (κ1) is 14.0. The van der Waals surface area contributed by atoms with Gasteiger partial charge in [-0.3, -0.25) is 0 Å². The van der Waals surface area contributed by atoms with E-state index < -0.39 is 0 Å². The van der Waals surface area contributed by atoms with Crippen molar-refractivity contribution in [2.75, 3.05) is 5.73 Å². The Hall–Kier alpha value is -1.09. The number of pyridine rings is 1. The first-order valence-electron chi connectivity index (χ1n) is 6.53. The SMILES string of the molecule is CCCCC(NC(C)C)c1c(C)ccnc1N. The number of nitrogen functional groups attached to an aromatic ring is 1. The van der Waals surface area contributed by atoms with Gasteiger partial charge in [-0.25, -0.2) is 4.98 Å². The zero-order valence-electron chi connectivity index (χ0n) is 11.5. The van der Waals surface area contributed by atoms with E-state index in [0.29, 0.717) is 17.9 Å². The Balaban J connectivity index is 2.94. The predicted molar refractivity (Wildman–Crippen MR) is 73.9 cm³/mol. The van der Waals surface area contributed by atoms with E-state index in [-0.39, 0.29) is 0 Å². The van der Waals surface area contributed by atoms with Gasteiger partial charge in [-0.05, 0) is 25.0 Å². The maximum atomic E-state index is 6.02. The van der Waals surface area contributed by atoms with Crippen LogP contribution in [0.25, 0.3) is 0 Å². The van der Waals surface area contributed by atoms with Gasteiger partial charge in [0.25, 0.3) is 0 Å². The summed E-state index contributed by atoms with van der Waals surface area (Å²) in [4.78, 5) is 4.21. The summed E-state index contributed by atoms with van der Waals surface area (Å²) in [7, 11) is 0. The second-order valence-corrected chi connectivity index (χ2v) is 4.94. The molecule has 3 nitrogen and oxygen atoms in total. The van der Waals surface area contributed by atoms with Gasteiger partial charge in [-0.1, -0.05) is 33.6 Å². The molecule has 0 radical (unpaired) electrons. The van der Waals surface area contributed by atoms with E-state index >= 15 is 0 Å². The molecule has 1 heterocycles. The van der Waals surface area contributed by atoms with Crippen LogP contribution in [0.3, 0.4) is 0 Å². The van der Waals surface area contributed by atoms with Crippen LogP contribution in [0.1, 0.15) is 57.2 Å². The number of nitrogens with zero attached hydrogens (tertiary/aromatic N) is 1. The Kier molecular flexibility index (Phi) is 5.42. The number of rotatable bonds is 6. The highest BCUT2D eigenvalue weighted by Gasteiger charge is 2.17. The fraction of sp³-hybridized carbons (Fsp3) is 0.643. The molecule has 0 saturated heterocycles. The molecule has 0 aliphatic rings. The van der Waals surface area contributed by atoms with Crippen molar-refractivity contribution >= 4 is 5.82 Å². The summed E-state index contributed by atoms with van der Waals surface area (Å²) in [5, 5.41) is 3.59. The summed E-state index contributed by atoms with van der Waals surface area (Å²) in [6, 6.07) is 2.81. The standard InChI is InChI=1S/C14H25N3/c1-5-6-7-12(17-10(2)3)13-11(4)8-9-16-14(13)15/h8-10,12,17H,5-7H2,1-4H3,(H2,15,16). The zero-order valence-corrected chi connectivity index (χ0v) is 11.5. The van der Waals surface area contributed by atoms with Crippen molar-refractivity contribution < 1.29 is 0 Å². The van der Waals surface area contributed by atoms with E-state index in [1.165, 1.54) is 24.0 Å². The lowest BCUT2D eigenvalue weighted by Gasteiger charge is -2.24. The van der Waals surface area contributed by atoms with Crippen LogP contribution in [0.5, 0.6) is 0 Å². The van der Waals surface area contributed by atoms with Gasteiger partial charge in [0.15, 0.2) is 0 Å². The molecular formula is C14H25N3. The van der Waals surface area contributed by atoms with Crippen LogP contribution in [-0.4, -0.2) is 11.0 Å². The molecule has 1 atom stereocenters. The molecule has 0 aliphatic heterocycles.